The van der Waals surface area contributed by atoms with Crippen LogP contribution in [0.1, 0.15) is 11.1 Å². The number of para-hydroxylation sites is 1. The number of nitrogens with zero attached hydrogens (tertiary/aromatic N) is 1. The summed E-state index contributed by atoms with van der Waals surface area (Å²) in [5, 5.41) is 3.39. The van der Waals surface area contributed by atoms with Gasteiger partial charge in [0.2, 0.25) is 5.91 Å². The van der Waals surface area contributed by atoms with Crippen molar-refractivity contribution in [1.82, 2.24) is 4.98 Å². The molecular weight excluding hydrogens is 336 g/mol. The molecule has 1 amide bonds. The number of nitrogens with one attached hydrogen (secondary N) is 1. The van der Waals surface area contributed by atoms with Crippen molar-refractivity contribution in [2.45, 2.75) is 6.92 Å². The molecule has 0 saturated heterocycles. The number of hydrogen-bond donors (Lipinski definition) is 1. The van der Waals surface area contributed by atoms with Crippen LogP contribution in [0, 0.1) is 6.92 Å². The van der Waals surface area contributed by atoms with Crippen molar-refractivity contribution in [3.05, 3.63) is 53.6 Å². The number of aryl methyl sites for hydroxylation is 1. The number of fused-ring (bicyclic) bond motifs is 1. The van der Waals surface area contributed by atoms with E-state index < -0.39 is 0 Å². The third-order valence-corrected chi connectivity index (χ3v) is 4.62. The van der Waals surface area contributed by atoms with Crippen molar-refractivity contribution in [3.8, 4) is 11.5 Å². The highest BCUT2D eigenvalue weighted by Crippen LogP contribution is 2.29. The first kappa shape index (κ1) is 17.0. The Bertz CT molecular complexity index is 947. The minimum absolute atomic E-state index is 0.230. The molecule has 0 fully saturated rings. The summed E-state index contributed by atoms with van der Waals surface area (Å²) in [7, 11) is 3.16. The van der Waals surface area contributed by atoms with Crippen molar-refractivity contribution >= 4 is 38.7 Å². The number of methoxy groups -OCH3 is 2. The summed E-state index contributed by atoms with van der Waals surface area (Å²) >= 11 is 1.46. The Hall–Kier alpha value is -2.86. The highest BCUT2D eigenvalue weighted by Gasteiger charge is 2.08. The molecule has 3 aromatic rings. The second kappa shape index (κ2) is 7.36. The number of rotatable bonds is 5. The summed E-state index contributed by atoms with van der Waals surface area (Å²) in [6, 6.07) is 11.4. The second-order valence-electron chi connectivity index (χ2n) is 5.38. The maximum absolute atomic E-state index is 12.1. The van der Waals surface area contributed by atoms with E-state index in [2.05, 4.69) is 10.3 Å². The molecule has 1 aromatic heterocycles. The average Bonchev–Trinajstić information content (AvgIpc) is 3.03. The molecule has 0 radical (unpaired) electrons. The molecule has 0 aliphatic carbocycles. The Morgan fingerprint density at radius 2 is 1.96 bits per heavy atom. The Kier molecular flexibility index (Phi) is 5.00. The zero-order valence-corrected chi connectivity index (χ0v) is 15.0. The van der Waals surface area contributed by atoms with Crippen LogP contribution < -0.4 is 14.8 Å². The van der Waals surface area contributed by atoms with Crippen LogP contribution in [0.3, 0.4) is 0 Å². The van der Waals surface area contributed by atoms with E-state index >= 15 is 0 Å². The van der Waals surface area contributed by atoms with Gasteiger partial charge in [-0.05, 0) is 42.3 Å². The summed E-state index contributed by atoms with van der Waals surface area (Å²) in [6.07, 6.45) is 3.19. The van der Waals surface area contributed by atoms with E-state index in [0.29, 0.717) is 16.6 Å². The maximum atomic E-state index is 12.1. The first-order chi connectivity index (χ1) is 12.1. The third-order valence-electron chi connectivity index (χ3n) is 3.69. The number of amides is 1. The minimum Gasteiger partial charge on any atom is -0.493 e. The monoisotopic (exact) mass is 354 g/mol. The fourth-order valence-corrected chi connectivity index (χ4v) is 3.36. The number of carbonyl (C=O) groups excluding carboxylic acids is 1. The molecule has 3 rings (SSSR count). The predicted octanol–water partition coefficient (Wildman–Crippen LogP) is 4.27. The van der Waals surface area contributed by atoms with Gasteiger partial charge in [-0.15, -0.1) is 0 Å². The number of thiazole rings is 1. The van der Waals surface area contributed by atoms with Gasteiger partial charge in [-0.3, -0.25) is 10.1 Å². The lowest BCUT2D eigenvalue weighted by molar-refractivity contribution is -0.111. The molecule has 6 heteroatoms. The molecule has 0 unspecified atom stereocenters. The van der Waals surface area contributed by atoms with E-state index in [-0.39, 0.29) is 5.91 Å². The van der Waals surface area contributed by atoms with Crippen molar-refractivity contribution in [1.29, 1.82) is 0 Å². The van der Waals surface area contributed by atoms with Crippen LogP contribution in [0.5, 0.6) is 11.5 Å². The normalized spacial score (nSPS) is 11.0. The number of anilines is 1. The van der Waals surface area contributed by atoms with Gasteiger partial charge in [0.15, 0.2) is 16.6 Å². The number of aromatic nitrogens is 1. The molecule has 0 bridgehead atoms. The highest BCUT2D eigenvalue weighted by atomic mass is 32.1. The molecule has 0 saturated carbocycles. The summed E-state index contributed by atoms with van der Waals surface area (Å²) in [5.41, 5.74) is 2.86. The quantitative estimate of drug-likeness (QED) is 0.695. The molecule has 0 aliphatic heterocycles. The number of carbonyl (C=O) groups is 1. The molecule has 5 nitrogen and oxygen atoms in total. The van der Waals surface area contributed by atoms with Gasteiger partial charge >= 0.3 is 0 Å². The predicted molar refractivity (Wildman–Crippen MR) is 102 cm³/mol. The second-order valence-corrected chi connectivity index (χ2v) is 6.41. The summed E-state index contributed by atoms with van der Waals surface area (Å²) in [5.74, 6) is 1.03. The number of benzene rings is 2. The lowest BCUT2D eigenvalue weighted by Gasteiger charge is -2.07. The minimum atomic E-state index is -0.230. The zero-order valence-electron chi connectivity index (χ0n) is 14.2. The SMILES string of the molecule is COc1ccc(/C=C/C(=O)Nc2nc3c(C)cccc3s2)cc1OC. The van der Waals surface area contributed by atoms with Gasteiger partial charge < -0.3 is 9.47 Å². The van der Waals surface area contributed by atoms with Crippen LogP contribution in [-0.4, -0.2) is 25.1 Å². The van der Waals surface area contributed by atoms with Crippen LogP contribution in [0.15, 0.2) is 42.5 Å². The molecule has 0 aliphatic rings. The lowest BCUT2D eigenvalue weighted by Crippen LogP contribution is -2.07. The van der Waals surface area contributed by atoms with Crippen LogP contribution in [0.4, 0.5) is 5.13 Å². The van der Waals surface area contributed by atoms with Gasteiger partial charge in [0.05, 0.1) is 24.4 Å². The number of hydrogen-bond acceptors (Lipinski definition) is 5. The third kappa shape index (κ3) is 3.80. The van der Waals surface area contributed by atoms with Gasteiger partial charge in [-0.1, -0.05) is 29.5 Å². The fourth-order valence-electron chi connectivity index (χ4n) is 2.42. The van der Waals surface area contributed by atoms with E-state index in [1.807, 2.05) is 37.3 Å². The summed E-state index contributed by atoms with van der Waals surface area (Å²) in [4.78, 5) is 16.6. The van der Waals surface area contributed by atoms with Crippen molar-refractivity contribution < 1.29 is 14.3 Å². The maximum Gasteiger partial charge on any atom is 0.250 e. The largest absolute Gasteiger partial charge is 0.493 e. The molecule has 1 heterocycles. The molecule has 0 atom stereocenters. The molecular formula is C19H18N2O3S. The van der Waals surface area contributed by atoms with Crippen molar-refractivity contribution in [2.75, 3.05) is 19.5 Å². The van der Waals surface area contributed by atoms with E-state index in [1.165, 1.54) is 17.4 Å². The van der Waals surface area contributed by atoms with E-state index in [0.717, 1.165) is 21.3 Å². The topological polar surface area (TPSA) is 60.5 Å². The Morgan fingerprint density at radius 3 is 2.68 bits per heavy atom. The Labute approximate surface area is 149 Å². The smallest absolute Gasteiger partial charge is 0.250 e. The number of ether oxygens (including phenoxy) is 2. The van der Waals surface area contributed by atoms with Crippen LogP contribution >= 0.6 is 11.3 Å². The standard InChI is InChI=1S/C19H18N2O3S/c1-12-5-4-6-16-18(12)21-19(25-16)20-17(22)10-8-13-7-9-14(23-2)15(11-13)24-3/h4-11H,1-3H3,(H,20,21,22)/b10-8+. The highest BCUT2D eigenvalue weighted by molar-refractivity contribution is 7.22. The molecule has 1 N–H and O–H groups in total. The lowest BCUT2D eigenvalue weighted by atomic mass is 10.2. The van der Waals surface area contributed by atoms with Crippen molar-refractivity contribution in [3.63, 3.8) is 0 Å². The first-order valence-electron chi connectivity index (χ1n) is 7.68. The molecule has 25 heavy (non-hydrogen) atoms. The van der Waals surface area contributed by atoms with Crippen LogP contribution in [-0.2, 0) is 4.79 Å². The first-order valence-corrected chi connectivity index (χ1v) is 8.49. The fraction of sp³-hybridized carbons (Fsp3) is 0.158. The van der Waals surface area contributed by atoms with Gasteiger partial charge in [-0.2, -0.15) is 0 Å². The Balaban J connectivity index is 1.73. The molecule has 128 valence electrons. The van der Waals surface area contributed by atoms with E-state index in [1.54, 1.807) is 26.4 Å². The zero-order chi connectivity index (χ0) is 17.8. The summed E-state index contributed by atoms with van der Waals surface area (Å²) < 4.78 is 11.5. The van der Waals surface area contributed by atoms with E-state index in [9.17, 15) is 4.79 Å². The Morgan fingerprint density at radius 1 is 1.16 bits per heavy atom. The van der Waals surface area contributed by atoms with Gasteiger partial charge in [-0.25, -0.2) is 4.98 Å². The summed E-state index contributed by atoms with van der Waals surface area (Å²) in [6.45, 7) is 2.00. The van der Waals surface area contributed by atoms with Gasteiger partial charge in [0.25, 0.3) is 0 Å². The average molecular weight is 354 g/mol. The van der Waals surface area contributed by atoms with Crippen LogP contribution in [0.25, 0.3) is 16.3 Å². The van der Waals surface area contributed by atoms with Crippen molar-refractivity contribution in [2.24, 2.45) is 0 Å². The molecule has 0 spiro atoms. The van der Waals surface area contributed by atoms with Gasteiger partial charge in [0.1, 0.15) is 0 Å². The van der Waals surface area contributed by atoms with Gasteiger partial charge in [0, 0.05) is 6.08 Å². The van der Waals surface area contributed by atoms with E-state index in [4.69, 9.17) is 9.47 Å². The molecule has 2 aromatic carbocycles. The van der Waals surface area contributed by atoms with Crippen LogP contribution in [0.2, 0.25) is 0 Å².